The van der Waals surface area contributed by atoms with Crippen LogP contribution in [0.1, 0.15) is 5.56 Å². The normalized spacial score (nSPS) is 12.1. The van der Waals surface area contributed by atoms with Crippen LogP contribution in [0.15, 0.2) is 304 Å². The van der Waals surface area contributed by atoms with Crippen molar-refractivity contribution in [2.24, 2.45) is 0 Å². The Morgan fingerprint density at radius 1 is 0.228 bits per heavy atom. The van der Waals surface area contributed by atoms with Gasteiger partial charge in [-0.3, -0.25) is 4.98 Å². The zero-order chi connectivity index (χ0) is 60.3. The minimum absolute atomic E-state index is 0.551. The van der Waals surface area contributed by atoms with E-state index in [0.717, 1.165) is 133 Å². The van der Waals surface area contributed by atoms with Gasteiger partial charge < -0.3 is 27.4 Å². The number of hydrogen-bond acceptors (Lipinski definition) is 2. The van der Waals surface area contributed by atoms with Crippen molar-refractivity contribution in [1.29, 1.82) is 5.26 Å². The molecular formula is C84H50N8. The molecule has 426 valence electrons. The first-order valence-electron chi connectivity index (χ1n) is 31.2. The Morgan fingerprint density at radius 2 is 0.489 bits per heavy atom. The minimum atomic E-state index is 0.551. The summed E-state index contributed by atoms with van der Waals surface area (Å²) in [6.45, 7) is 0. The van der Waals surface area contributed by atoms with E-state index in [1.807, 2.05) is 18.5 Å². The van der Waals surface area contributed by atoms with Crippen molar-refractivity contribution in [3.05, 3.63) is 309 Å². The molecule has 0 fully saturated rings. The van der Waals surface area contributed by atoms with E-state index in [4.69, 9.17) is 4.98 Å². The molecule has 7 heterocycles. The first-order valence-corrected chi connectivity index (χ1v) is 31.2. The largest absolute Gasteiger partial charge is 0.309 e. The van der Waals surface area contributed by atoms with Gasteiger partial charge in [0.1, 0.15) is 0 Å². The number of nitrogens with zero attached hydrogens (tertiary/aromatic N) is 8. The molecule has 7 aromatic heterocycles. The van der Waals surface area contributed by atoms with E-state index in [-0.39, 0.29) is 0 Å². The number of para-hydroxylation sites is 8. The second-order valence-corrected chi connectivity index (χ2v) is 24.2. The van der Waals surface area contributed by atoms with Crippen LogP contribution in [0.25, 0.3) is 176 Å². The SMILES string of the molecule is N#Cc1ccc(-n2c3ccc(-n4c5ccccc5c5ccccc54)cc3c3cc(-n4c5ccccc5c5ccccc54)ccc32)c(-c2cnccc2-n2c3ccc(-n4c5ccccc5c5ccccc54)cc3c3cc(-n4c5ccccc5c5ccccc54)ccc32)c1. The van der Waals surface area contributed by atoms with Crippen LogP contribution in [-0.2, 0) is 0 Å². The van der Waals surface area contributed by atoms with Gasteiger partial charge in [0, 0.05) is 111 Å². The lowest BCUT2D eigenvalue weighted by Crippen LogP contribution is -2.03. The number of hydrogen-bond donors (Lipinski definition) is 0. The average Bonchev–Trinajstić information content (AvgIpc) is 1.58. The highest BCUT2D eigenvalue weighted by Gasteiger charge is 2.25. The maximum absolute atomic E-state index is 10.9. The number of aromatic nitrogens is 7. The first kappa shape index (κ1) is 50.3. The number of nitriles is 1. The van der Waals surface area contributed by atoms with Gasteiger partial charge in [0.2, 0.25) is 0 Å². The fraction of sp³-hybridized carbons (Fsp3) is 0. The van der Waals surface area contributed by atoms with Crippen molar-refractivity contribution in [1.82, 2.24) is 32.4 Å². The van der Waals surface area contributed by atoms with Crippen LogP contribution < -0.4 is 0 Å². The Hall–Kier alpha value is -12.7. The van der Waals surface area contributed by atoms with Crippen LogP contribution >= 0.6 is 0 Å². The molecule has 0 radical (unpaired) electrons. The zero-order valence-corrected chi connectivity index (χ0v) is 49.4. The van der Waals surface area contributed by atoms with Crippen LogP contribution in [0.5, 0.6) is 0 Å². The molecule has 0 atom stereocenters. The lowest BCUT2D eigenvalue weighted by atomic mass is 10.00. The van der Waals surface area contributed by atoms with Gasteiger partial charge in [-0.2, -0.15) is 5.26 Å². The van der Waals surface area contributed by atoms with E-state index in [2.05, 4.69) is 319 Å². The van der Waals surface area contributed by atoms with E-state index < -0.39 is 0 Å². The Morgan fingerprint density at radius 3 is 0.772 bits per heavy atom. The van der Waals surface area contributed by atoms with Crippen LogP contribution in [-0.4, -0.2) is 32.4 Å². The second kappa shape index (κ2) is 19.2. The van der Waals surface area contributed by atoms with Crippen molar-refractivity contribution in [3.63, 3.8) is 0 Å². The number of rotatable bonds is 7. The standard InChI is InChI=1S/C84H50N8/c85-50-52-33-38-79(91-80-39-34-53(87-71-25-9-1-17-57(71)58-18-2-10-26-72(58)87)46-66(80)67-47-54(35-40-81(67)91)88-73-27-11-3-19-59(73)60-20-4-12-28-74(60)88)65(45-52)70-51-86-44-43-84(70)92-82-41-36-55(89-75-29-13-5-21-61(75)62-22-6-14-30-76(62)89)48-68(82)69-49-56(37-42-83(69)92)90-77-31-15-7-23-63(77)64-24-8-16-32-78(64)90/h1-49,51H. The Kier molecular flexibility index (Phi) is 10.5. The van der Waals surface area contributed by atoms with Gasteiger partial charge >= 0.3 is 0 Å². The third-order valence-corrected chi connectivity index (χ3v) is 19.5. The van der Waals surface area contributed by atoms with Crippen molar-refractivity contribution in [3.8, 4) is 51.3 Å². The summed E-state index contributed by atoms with van der Waals surface area (Å²) in [5.41, 5.74) is 21.8. The van der Waals surface area contributed by atoms with E-state index in [0.29, 0.717) is 5.56 Å². The molecule has 0 aliphatic carbocycles. The molecule has 0 N–H and O–H groups in total. The topological polar surface area (TPSA) is 66.3 Å². The van der Waals surface area contributed by atoms with Gasteiger partial charge in [0.05, 0.1) is 89.2 Å². The monoisotopic (exact) mass is 1170 g/mol. The predicted octanol–water partition coefficient (Wildman–Crippen LogP) is 21.2. The summed E-state index contributed by atoms with van der Waals surface area (Å²) in [5.74, 6) is 0. The maximum Gasteiger partial charge on any atom is 0.0991 e. The summed E-state index contributed by atoms with van der Waals surface area (Å²) >= 11 is 0. The average molecular weight is 1170 g/mol. The van der Waals surface area contributed by atoms with Crippen LogP contribution in [0.4, 0.5) is 0 Å². The van der Waals surface area contributed by atoms with Crippen LogP contribution in [0.2, 0.25) is 0 Å². The van der Waals surface area contributed by atoms with Gasteiger partial charge in [-0.25, -0.2) is 0 Å². The van der Waals surface area contributed by atoms with Crippen molar-refractivity contribution in [2.75, 3.05) is 0 Å². The lowest BCUT2D eigenvalue weighted by Gasteiger charge is -2.19. The van der Waals surface area contributed by atoms with Gasteiger partial charge in [-0.15, -0.1) is 0 Å². The number of fused-ring (bicyclic) bond motifs is 18. The minimum Gasteiger partial charge on any atom is -0.309 e. The summed E-state index contributed by atoms with van der Waals surface area (Å²) in [7, 11) is 0. The zero-order valence-electron chi connectivity index (χ0n) is 49.4. The second-order valence-electron chi connectivity index (χ2n) is 24.2. The molecule has 0 unspecified atom stereocenters. The molecule has 0 saturated carbocycles. The summed E-state index contributed by atoms with van der Waals surface area (Å²) in [6.07, 6.45) is 3.89. The molecule has 0 bridgehead atoms. The summed E-state index contributed by atoms with van der Waals surface area (Å²) in [5, 5.41) is 25.1. The molecule has 0 saturated heterocycles. The molecular weight excluding hydrogens is 1120 g/mol. The third kappa shape index (κ3) is 7.01. The third-order valence-electron chi connectivity index (χ3n) is 19.5. The van der Waals surface area contributed by atoms with E-state index in [1.165, 1.54) is 43.1 Å². The van der Waals surface area contributed by atoms with Gasteiger partial charge in [0.15, 0.2) is 0 Å². The van der Waals surface area contributed by atoms with Crippen molar-refractivity contribution < 1.29 is 0 Å². The van der Waals surface area contributed by atoms with Gasteiger partial charge in [-0.05, 0) is 146 Å². The molecule has 0 spiro atoms. The molecule has 20 rings (SSSR count). The molecule has 20 aromatic rings. The quantitative estimate of drug-likeness (QED) is 0.160. The number of benzene rings is 13. The van der Waals surface area contributed by atoms with Gasteiger partial charge in [-0.1, -0.05) is 146 Å². The smallest absolute Gasteiger partial charge is 0.0991 e. The Balaban J connectivity index is 0.847. The maximum atomic E-state index is 10.9. The highest BCUT2D eigenvalue weighted by molar-refractivity contribution is 6.17. The van der Waals surface area contributed by atoms with E-state index in [1.54, 1.807) is 0 Å². The van der Waals surface area contributed by atoms with Crippen molar-refractivity contribution in [2.45, 2.75) is 0 Å². The van der Waals surface area contributed by atoms with Crippen LogP contribution in [0.3, 0.4) is 0 Å². The molecule has 8 nitrogen and oxygen atoms in total. The Bertz CT molecular complexity index is 6050. The van der Waals surface area contributed by atoms with Crippen LogP contribution in [0, 0.1) is 11.3 Å². The fourth-order valence-corrected chi connectivity index (χ4v) is 15.7. The lowest BCUT2D eigenvalue weighted by molar-refractivity contribution is 1.13. The highest BCUT2D eigenvalue weighted by Crippen LogP contribution is 2.46. The summed E-state index contributed by atoms with van der Waals surface area (Å²) < 4.78 is 14.4. The molecule has 0 aliphatic rings. The Labute approximate surface area is 526 Å². The van der Waals surface area contributed by atoms with E-state index in [9.17, 15) is 5.26 Å². The summed E-state index contributed by atoms with van der Waals surface area (Å²) in [6, 6.07) is 108. The van der Waals surface area contributed by atoms with Gasteiger partial charge in [0.25, 0.3) is 0 Å². The fourth-order valence-electron chi connectivity index (χ4n) is 15.7. The molecule has 92 heavy (non-hydrogen) atoms. The van der Waals surface area contributed by atoms with Crippen molar-refractivity contribution >= 4 is 131 Å². The molecule has 8 heteroatoms. The first-order chi connectivity index (χ1) is 45.6. The molecule has 0 aliphatic heterocycles. The van der Waals surface area contributed by atoms with E-state index >= 15 is 0 Å². The predicted molar refractivity (Wildman–Crippen MR) is 380 cm³/mol. The number of pyridine rings is 1. The molecule has 0 amide bonds. The summed E-state index contributed by atoms with van der Waals surface area (Å²) in [4.78, 5) is 4.97. The molecule has 13 aromatic carbocycles. The highest BCUT2D eigenvalue weighted by atomic mass is 15.0.